The highest BCUT2D eigenvalue weighted by Crippen LogP contribution is 2.29. The summed E-state index contributed by atoms with van der Waals surface area (Å²) in [6.45, 7) is 4.25. The molecule has 1 amide bonds. The van der Waals surface area contributed by atoms with Crippen molar-refractivity contribution < 1.29 is 19.1 Å². The standard InChI is InChI=1S/C29H30N4O5/c1-3-37-21-15-13-19(14-16-21)27(34)31-26-23(29(36)38-4-2)18-22-25(33(26)20-10-6-5-7-11-20)30-24-12-8-9-17-32(24)28(22)35/h8-9,12-18,20H,3-7,10-11H2,1-2H3. The number of pyridine rings is 2. The Morgan fingerprint density at radius 2 is 1.79 bits per heavy atom. The van der Waals surface area contributed by atoms with E-state index in [4.69, 9.17) is 14.5 Å². The van der Waals surface area contributed by atoms with E-state index in [2.05, 4.69) is 4.99 Å². The van der Waals surface area contributed by atoms with Crippen molar-refractivity contribution in [2.45, 2.75) is 52.0 Å². The van der Waals surface area contributed by atoms with E-state index in [1.165, 1.54) is 10.5 Å². The molecule has 1 aromatic carbocycles. The van der Waals surface area contributed by atoms with Crippen LogP contribution in [0.3, 0.4) is 0 Å². The van der Waals surface area contributed by atoms with Crippen LogP contribution >= 0.6 is 0 Å². The van der Waals surface area contributed by atoms with Crippen molar-refractivity contribution in [3.63, 3.8) is 0 Å². The van der Waals surface area contributed by atoms with Crippen LogP contribution in [0.4, 0.5) is 0 Å². The number of carbonyl (C=O) groups is 2. The van der Waals surface area contributed by atoms with Crippen LogP contribution in [0.15, 0.2) is 64.5 Å². The molecular weight excluding hydrogens is 484 g/mol. The number of ether oxygens (including phenoxy) is 2. The van der Waals surface area contributed by atoms with Gasteiger partial charge < -0.3 is 14.0 Å². The number of aromatic nitrogens is 3. The van der Waals surface area contributed by atoms with Gasteiger partial charge in [0.25, 0.3) is 11.5 Å². The molecule has 38 heavy (non-hydrogen) atoms. The highest BCUT2D eigenvalue weighted by molar-refractivity contribution is 5.97. The summed E-state index contributed by atoms with van der Waals surface area (Å²) in [4.78, 5) is 49.4. The SMILES string of the molecule is CCOC(=O)c1cc2c(=O)n3ccccc3nc2n(C2CCCCC2)c1=NC(=O)c1ccc(OCC)cc1. The molecule has 1 fully saturated rings. The first-order valence-electron chi connectivity index (χ1n) is 13.1. The summed E-state index contributed by atoms with van der Waals surface area (Å²) >= 11 is 0. The first-order valence-corrected chi connectivity index (χ1v) is 13.1. The molecule has 1 saturated carbocycles. The van der Waals surface area contributed by atoms with Gasteiger partial charge in [-0.25, -0.2) is 9.78 Å². The number of rotatable bonds is 6. The summed E-state index contributed by atoms with van der Waals surface area (Å²) in [6, 6.07) is 13.4. The van der Waals surface area contributed by atoms with Crippen molar-refractivity contribution in [2.24, 2.45) is 4.99 Å². The number of benzene rings is 1. The summed E-state index contributed by atoms with van der Waals surface area (Å²) in [6.07, 6.45) is 6.36. The number of carbonyl (C=O) groups excluding carboxylic acids is 2. The second-order valence-corrected chi connectivity index (χ2v) is 9.22. The summed E-state index contributed by atoms with van der Waals surface area (Å²) in [5.41, 5.74) is 1.16. The van der Waals surface area contributed by atoms with Crippen LogP contribution in [0.1, 0.15) is 72.7 Å². The molecule has 0 saturated heterocycles. The second-order valence-electron chi connectivity index (χ2n) is 9.22. The van der Waals surface area contributed by atoms with E-state index in [0.717, 1.165) is 32.1 Å². The van der Waals surface area contributed by atoms with E-state index < -0.39 is 11.9 Å². The van der Waals surface area contributed by atoms with Crippen molar-refractivity contribution >= 4 is 28.6 Å². The van der Waals surface area contributed by atoms with E-state index in [0.29, 0.717) is 29.2 Å². The van der Waals surface area contributed by atoms with Crippen LogP contribution in [0.2, 0.25) is 0 Å². The van der Waals surface area contributed by atoms with Crippen molar-refractivity contribution in [1.82, 2.24) is 14.0 Å². The maximum atomic E-state index is 13.5. The molecule has 0 radical (unpaired) electrons. The molecule has 0 N–H and O–H groups in total. The fraction of sp³-hybridized carbons (Fsp3) is 0.345. The molecule has 9 nitrogen and oxygen atoms in total. The molecule has 1 aliphatic carbocycles. The van der Waals surface area contributed by atoms with Crippen LogP contribution in [-0.2, 0) is 4.74 Å². The Kier molecular flexibility index (Phi) is 7.35. The summed E-state index contributed by atoms with van der Waals surface area (Å²) < 4.78 is 14.1. The summed E-state index contributed by atoms with van der Waals surface area (Å²) in [5, 5.41) is 0.273. The Morgan fingerprint density at radius 3 is 2.50 bits per heavy atom. The zero-order chi connectivity index (χ0) is 26.6. The van der Waals surface area contributed by atoms with E-state index in [1.54, 1.807) is 49.5 Å². The van der Waals surface area contributed by atoms with Crippen LogP contribution in [0.5, 0.6) is 5.75 Å². The maximum Gasteiger partial charge on any atom is 0.341 e. The highest BCUT2D eigenvalue weighted by Gasteiger charge is 2.25. The second kappa shape index (κ2) is 11.0. The fourth-order valence-corrected chi connectivity index (χ4v) is 5.02. The number of amides is 1. The first kappa shape index (κ1) is 25.4. The third-order valence-electron chi connectivity index (χ3n) is 6.79. The van der Waals surface area contributed by atoms with E-state index in [-0.39, 0.29) is 34.6 Å². The molecular formula is C29H30N4O5. The quantitative estimate of drug-likeness (QED) is 0.278. The Bertz CT molecular complexity index is 1630. The highest BCUT2D eigenvalue weighted by atomic mass is 16.5. The fourth-order valence-electron chi connectivity index (χ4n) is 5.02. The van der Waals surface area contributed by atoms with Gasteiger partial charge in [0.05, 0.1) is 18.6 Å². The largest absolute Gasteiger partial charge is 0.494 e. The van der Waals surface area contributed by atoms with Gasteiger partial charge in [0, 0.05) is 17.8 Å². The van der Waals surface area contributed by atoms with Crippen LogP contribution < -0.4 is 15.8 Å². The monoisotopic (exact) mass is 514 g/mol. The molecule has 3 aromatic heterocycles. The van der Waals surface area contributed by atoms with E-state index in [1.807, 2.05) is 17.6 Å². The lowest BCUT2D eigenvalue weighted by Gasteiger charge is -2.27. The molecule has 4 aromatic rings. The lowest BCUT2D eigenvalue weighted by Crippen LogP contribution is -2.35. The van der Waals surface area contributed by atoms with E-state index >= 15 is 0 Å². The van der Waals surface area contributed by atoms with Gasteiger partial charge in [0.15, 0.2) is 5.49 Å². The van der Waals surface area contributed by atoms with Gasteiger partial charge in [-0.3, -0.25) is 14.0 Å². The zero-order valence-electron chi connectivity index (χ0n) is 21.6. The molecule has 3 heterocycles. The van der Waals surface area contributed by atoms with Crippen molar-refractivity contribution in [2.75, 3.05) is 13.2 Å². The van der Waals surface area contributed by atoms with Crippen molar-refractivity contribution in [3.8, 4) is 5.75 Å². The zero-order valence-corrected chi connectivity index (χ0v) is 21.6. The first-order chi connectivity index (χ1) is 18.5. The average Bonchev–Trinajstić information content (AvgIpc) is 2.94. The minimum Gasteiger partial charge on any atom is -0.494 e. The normalized spacial score (nSPS) is 14.6. The number of hydrogen-bond donors (Lipinski definition) is 0. The van der Waals surface area contributed by atoms with Crippen molar-refractivity contribution in [1.29, 1.82) is 0 Å². The predicted molar refractivity (Wildman–Crippen MR) is 143 cm³/mol. The number of esters is 1. The van der Waals surface area contributed by atoms with Gasteiger partial charge in [0.1, 0.15) is 22.6 Å². The summed E-state index contributed by atoms with van der Waals surface area (Å²) in [7, 11) is 0. The lowest BCUT2D eigenvalue weighted by molar-refractivity contribution is 0.0523. The van der Waals surface area contributed by atoms with Gasteiger partial charge >= 0.3 is 5.97 Å². The molecule has 196 valence electrons. The molecule has 9 heteroatoms. The van der Waals surface area contributed by atoms with Crippen molar-refractivity contribution in [3.05, 3.63) is 81.7 Å². The topological polar surface area (TPSA) is 104 Å². The van der Waals surface area contributed by atoms with Crippen LogP contribution in [0, 0.1) is 0 Å². The molecule has 1 aliphatic rings. The smallest absolute Gasteiger partial charge is 0.341 e. The van der Waals surface area contributed by atoms with Gasteiger partial charge in [-0.1, -0.05) is 25.3 Å². The third-order valence-corrected chi connectivity index (χ3v) is 6.79. The third kappa shape index (κ3) is 4.83. The average molecular weight is 515 g/mol. The van der Waals surface area contributed by atoms with Crippen LogP contribution in [-0.4, -0.2) is 39.0 Å². The molecule has 0 atom stereocenters. The Hall–Kier alpha value is -4.27. The van der Waals surface area contributed by atoms with Gasteiger partial charge in [-0.15, -0.1) is 0 Å². The Balaban J connectivity index is 1.82. The van der Waals surface area contributed by atoms with Gasteiger partial charge in [-0.05, 0) is 69.2 Å². The molecule has 5 rings (SSSR count). The Morgan fingerprint density at radius 1 is 1.03 bits per heavy atom. The minimum atomic E-state index is -0.644. The molecule has 0 bridgehead atoms. The predicted octanol–water partition coefficient (Wildman–Crippen LogP) is 4.47. The molecule has 0 spiro atoms. The molecule has 0 unspecified atom stereocenters. The number of hydrogen-bond acceptors (Lipinski definition) is 6. The van der Waals surface area contributed by atoms with E-state index in [9.17, 15) is 14.4 Å². The number of nitrogens with zero attached hydrogens (tertiary/aromatic N) is 4. The minimum absolute atomic E-state index is 0.0685. The molecule has 0 aliphatic heterocycles. The Labute approximate surface area is 219 Å². The number of fused-ring (bicyclic) bond motifs is 2. The lowest BCUT2D eigenvalue weighted by atomic mass is 9.94. The van der Waals surface area contributed by atoms with Crippen LogP contribution in [0.25, 0.3) is 16.7 Å². The maximum absolute atomic E-state index is 13.5. The van der Waals surface area contributed by atoms with Gasteiger partial charge in [0.2, 0.25) is 0 Å². The summed E-state index contributed by atoms with van der Waals surface area (Å²) in [5.74, 6) is -0.509. The van der Waals surface area contributed by atoms with Gasteiger partial charge in [-0.2, -0.15) is 4.99 Å².